The minimum atomic E-state index is -0.472. The van der Waals surface area contributed by atoms with E-state index in [1.807, 2.05) is 32.9 Å². The lowest BCUT2D eigenvalue weighted by molar-refractivity contribution is 0.0210. The van der Waals surface area contributed by atoms with E-state index in [9.17, 15) is 9.59 Å². The molecule has 0 atom stereocenters. The third-order valence-electron chi connectivity index (χ3n) is 3.80. The van der Waals surface area contributed by atoms with Gasteiger partial charge in [0.1, 0.15) is 5.60 Å². The van der Waals surface area contributed by atoms with Gasteiger partial charge in [-0.05, 0) is 51.8 Å². The van der Waals surface area contributed by atoms with Gasteiger partial charge in [0.25, 0.3) is 0 Å². The molecule has 2 rings (SSSR count). The molecule has 1 fully saturated rings. The van der Waals surface area contributed by atoms with Gasteiger partial charge in [-0.25, -0.2) is 9.59 Å². The fourth-order valence-corrected chi connectivity index (χ4v) is 2.62. The van der Waals surface area contributed by atoms with Gasteiger partial charge >= 0.3 is 12.1 Å². The fraction of sp³-hybridized carbons (Fsp3) is 0.556. The van der Waals surface area contributed by atoms with E-state index in [0.29, 0.717) is 18.7 Å². The highest BCUT2D eigenvalue weighted by atomic mass is 16.6. The number of benzene rings is 1. The average molecular weight is 334 g/mol. The normalized spacial score (nSPS) is 15.8. The molecule has 132 valence electrons. The van der Waals surface area contributed by atoms with Gasteiger partial charge in [0.15, 0.2) is 0 Å². The van der Waals surface area contributed by atoms with Crippen molar-refractivity contribution in [2.24, 2.45) is 0 Å². The third-order valence-corrected chi connectivity index (χ3v) is 3.80. The van der Waals surface area contributed by atoms with Crippen LogP contribution in [-0.4, -0.2) is 48.8 Å². The summed E-state index contributed by atoms with van der Waals surface area (Å²) in [6.45, 7) is 6.92. The van der Waals surface area contributed by atoms with Crippen molar-refractivity contribution in [3.63, 3.8) is 0 Å². The van der Waals surface area contributed by atoms with Crippen molar-refractivity contribution in [2.75, 3.05) is 25.5 Å². The number of amides is 1. The highest BCUT2D eigenvalue weighted by molar-refractivity contribution is 5.90. The smallest absolute Gasteiger partial charge is 0.410 e. The largest absolute Gasteiger partial charge is 0.465 e. The summed E-state index contributed by atoms with van der Waals surface area (Å²) in [5, 5.41) is 3.42. The Kier molecular flexibility index (Phi) is 5.70. The molecule has 1 heterocycles. The number of anilines is 1. The van der Waals surface area contributed by atoms with Crippen LogP contribution in [0.3, 0.4) is 0 Å². The topological polar surface area (TPSA) is 67.9 Å². The Bertz CT molecular complexity index is 587. The second-order valence-corrected chi connectivity index (χ2v) is 6.96. The molecule has 24 heavy (non-hydrogen) atoms. The predicted molar refractivity (Wildman–Crippen MR) is 92.2 cm³/mol. The van der Waals surface area contributed by atoms with Crippen molar-refractivity contribution < 1.29 is 19.1 Å². The van der Waals surface area contributed by atoms with Crippen LogP contribution in [0.15, 0.2) is 24.3 Å². The van der Waals surface area contributed by atoms with E-state index >= 15 is 0 Å². The molecule has 1 aliphatic heterocycles. The number of ether oxygens (including phenoxy) is 2. The standard InChI is InChI=1S/C18H26N2O4/c1-18(2,3)24-17(22)20-10-8-14(9-11-20)19-15-7-5-6-13(12-15)16(21)23-4/h5-7,12,14,19H,8-11H2,1-4H3. The van der Waals surface area contributed by atoms with E-state index in [2.05, 4.69) is 5.32 Å². The number of piperidine rings is 1. The second kappa shape index (κ2) is 7.55. The number of likely N-dealkylation sites (tertiary alicyclic amines) is 1. The van der Waals surface area contributed by atoms with E-state index < -0.39 is 5.60 Å². The first kappa shape index (κ1) is 18.1. The van der Waals surface area contributed by atoms with Crippen LogP contribution >= 0.6 is 0 Å². The molecule has 0 radical (unpaired) electrons. The summed E-state index contributed by atoms with van der Waals surface area (Å²) < 4.78 is 10.1. The zero-order chi connectivity index (χ0) is 17.7. The van der Waals surface area contributed by atoms with Crippen LogP contribution in [0, 0.1) is 0 Å². The fourth-order valence-electron chi connectivity index (χ4n) is 2.62. The predicted octanol–water partition coefficient (Wildman–Crippen LogP) is 3.28. The highest BCUT2D eigenvalue weighted by Crippen LogP contribution is 2.20. The Morgan fingerprint density at radius 3 is 2.46 bits per heavy atom. The third kappa shape index (κ3) is 5.15. The Labute approximate surface area is 143 Å². The van der Waals surface area contributed by atoms with Crippen molar-refractivity contribution in [1.29, 1.82) is 0 Å². The Balaban J connectivity index is 1.87. The van der Waals surface area contributed by atoms with E-state index in [4.69, 9.17) is 9.47 Å². The number of methoxy groups -OCH3 is 1. The molecule has 0 bridgehead atoms. The van der Waals surface area contributed by atoms with Gasteiger partial charge in [0.2, 0.25) is 0 Å². The van der Waals surface area contributed by atoms with Gasteiger partial charge in [0.05, 0.1) is 12.7 Å². The van der Waals surface area contributed by atoms with Gasteiger partial charge in [-0.3, -0.25) is 0 Å². The summed E-state index contributed by atoms with van der Waals surface area (Å²) in [7, 11) is 1.37. The quantitative estimate of drug-likeness (QED) is 0.859. The van der Waals surface area contributed by atoms with Crippen LogP contribution in [0.4, 0.5) is 10.5 Å². The molecule has 0 saturated carbocycles. The summed E-state index contributed by atoms with van der Waals surface area (Å²) in [5.41, 5.74) is 0.933. The summed E-state index contributed by atoms with van der Waals surface area (Å²) in [6.07, 6.45) is 1.41. The monoisotopic (exact) mass is 334 g/mol. The molecule has 1 aromatic carbocycles. The summed E-state index contributed by atoms with van der Waals surface area (Å²) in [6, 6.07) is 7.52. The maximum absolute atomic E-state index is 12.1. The molecule has 0 aromatic heterocycles. The van der Waals surface area contributed by atoms with Crippen molar-refractivity contribution >= 4 is 17.7 Å². The highest BCUT2D eigenvalue weighted by Gasteiger charge is 2.26. The lowest BCUT2D eigenvalue weighted by Crippen LogP contribution is -2.44. The first-order valence-electron chi connectivity index (χ1n) is 8.21. The molecule has 1 N–H and O–H groups in total. The van der Waals surface area contributed by atoms with E-state index in [0.717, 1.165) is 18.5 Å². The molecule has 1 amide bonds. The lowest BCUT2D eigenvalue weighted by atomic mass is 10.0. The molecule has 6 heteroatoms. The SMILES string of the molecule is COC(=O)c1cccc(NC2CCN(C(=O)OC(C)(C)C)CC2)c1. The van der Waals surface area contributed by atoms with Gasteiger partial charge in [-0.15, -0.1) is 0 Å². The van der Waals surface area contributed by atoms with Crippen LogP contribution in [0.2, 0.25) is 0 Å². The minimum Gasteiger partial charge on any atom is -0.465 e. The first-order chi connectivity index (χ1) is 11.3. The Hall–Kier alpha value is -2.24. The maximum Gasteiger partial charge on any atom is 0.410 e. The van der Waals surface area contributed by atoms with Gasteiger partial charge in [-0.2, -0.15) is 0 Å². The van der Waals surface area contributed by atoms with Crippen molar-refractivity contribution in [3.05, 3.63) is 29.8 Å². The Morgan fingerprint density at radius 1 is 1.21 bits per heavy atom. The van der Waals surface area contributed by atoms with Gasteiger partial charge in [-0.1, -0.05) is 6.07 Å². The lowest BCUT2D eigenvalue weighted by Gasteiger charge is -2.34. The molecular formula is C18H26N2O4. The van der Waals surface area contributed by atoms with Crippen LogP contribution in [0.25, 0.3) is 0 Å². The van der Waals surface area contributed by atoms with Crippen molar-refractivity contribution in [3.8, 4) is 0 Å². The van der Waals surface area contributed by atoms with Gasteiger partial charge in [0, 0.05) is 24.8 Å². The zero-order valence-electron chi connectivity index (χ0n) is 14.8. The van der Waals surface area contributed by atoms with Crippen molar-refractivity contribution in [1.82, 2.24) is 4.90 Å². The molecule has 1 saturated heterocycles. The van der Waals surface area contributed by atoms with Crippen LogP contribution in [0.1, 0.15) is 44.0 Å². The minimum absolute atomic E-state index is 0.256. The number of rotatable bonds is 3. The summed E-state index contributed by atoms with van der Waals surface area (Å²) >= 11 is 0. The van der Waals surface area contributed by atoms with Crippen molar-refractivity contribution in [2.45, 2.75) is 45.3 Å². The second-order valence-electron chi connectivity index (χ2n) is 6.96. The number of hydrogen-bond donors (Lipinski definition) is 1. The molecule has 1 aromatic rings. The number of carbonyl (C=O) groups is 2. The van der Waals surface area contributed by atoms with E-state index in [1.165, 1.54) is 7.11 Å². The van der Waals surface area contributed by atoms with Gasteiger partial charge < -0.3 is 19.7 Å². The molecule has 0 spiro atoms. The number of carbonyl (C=O) groups excluding carboxylic acids is 2. The molecule has 0 unspecified atom stereocenters. The maximum atomic E-state index is 12.1. The number of nitrogens with one attached hydrogen (secondary N) is 1. The summed E-state index contributed by atoms with van der Waals surface area (Å²) in [5.74, 6) is -0.349. The Morgan fingerprint density at radius 2 is 1.88 bits per heavy atom. The molecular weight excluding hydrogens is 308 g/mol. The molecule has 1 aliphatic rings. The van der Waals surface area contributed by atoms with Crippen LogP contribution < -0.4 is 5.32 Å². The molecule has 6 nitrogen and oxygen atoms in total. The number of hydrogen-bond acceptors (Lipinski definition) is 5. The molecule has 0 aliphatic carbocycles. The number of nitrogens with zero attached hydrogens (tertiary/aromatic N) is 1. The van der Waals surface area contributed by atoms with E-state index in [-0.39, 0.29) is 18.1 Å². The summed E-state index contributed by atoms with van der Waals surface area (Å²) in [4.78, 5) is 25.4. The first-order valence-corrected chi connectivity index (χ1v) is 8.21. The van der Waals surface area contributed by atoms with Crippen LogP contribution in [-0.2, 0) is 9.47 Å². The average Bonchev–Trinajstić information content (AvgIpc) is 2.53. The van der Waals surface area contributed by atoms with Crippen LogP contribution in [0.5, 0.6) is 0 Å². The van der Waals surface area contributed by atoms with E-state index in [1.54, 1.807) is 17.0 Å². The number of esters is 1. The zero-order valence-corrected chi connectivity index (χ0v) is 14.8.